The molecule has 3 rings (SSSR count). The molecule has 0 aliphatic rings. The number of methoxy groups -OCH3 is 1. The highest BCUT2D eigenvalue weighted by Crippen LogP contribution is 2.35. The second-order valence-corrected chi connectivity index (χ2v) is 9.10. The lowest BCUT2D eigenvalue weighted by molar-refractivity contribution is -0.380. The van der Waals surface area contributed by atoms with Crippen LogP contribution in [0.25, 0.3) is 11.3 Å². The molecule has 0 atom stereocenters. The van der Waals surface area contributed by atoms with Crippen molar-refractivity contribution in [3.63, 3.8) is 0 Å². The van der Waals surface area contributed by atoms with Crippen molar-refractivity contribution in [1.29, 1.82) is 0 Å². The Kier molecular flexibility index (Phi) is 6.35. The number of aryl methyl sites for hydroxylation is 1. The first-order valence-corrected chi connectivity index (χ1v) is 10.5. The van der Waals surface area contributed by atoms with Crippen molar-refractivity contribution in [2.75, 3.05) is 7.11 Å². The van der Waals surface area contributed by atoms with Gasteiger partial charge in [-0.2, -0.15) is 0 Å². The van der Waals surface area contributed by atoms with Gasteiger partial charge in [0.15, 0.2) is 5.78 Å². The third-order valence-electron chi connectivity index (χ3n) is 3.81. The molecule has 2 heterocycles. The van der Waals surface area contributed by atoms with Gasteiger partial charge in [0.1, 0.15) is 5.75 Å². The topological polar surface area (TPSA) is 82.3 Å². The Labute approximate surface area is 172 Å². The predicted molar refractivity (Wildman–Crippen MR) is 110 cm³/mol. The number of carbonyl (C=O) groups is 1. The van der Waals surface area contributed by atoms with E-state index in [1.165, 1.54) is 12.1 Å². The molecule has 0 bridgehead atoms. The Balaban J connectivity index is 1.61. The van der Waals surface area contributed by atoms with Crippen molar-refractivity contribution >= 4 is 49.4 Å². The highest BCUT2D eigenvalue weighted by molar-refractivity contribution is 9.11. The van der Waals surface area contributed by atoms with Crippen LogP contribution in [-0.2, 0) is 6.42 Å². The lowest BCUT2D eigenvalue weighted by Gasteiger charge is -2.02. The highest BCUT2D eigenvalue weighted by atomic mass is 79.9. The zero-order valence-corrected chi connectivity index (χ0v) is 17.5. The second-order valence-electron chi connectivity index (χ2n) is 5.63. The molecule has 0 radical (unpaired) electrons. The van der Waals surface area contributed by atoms with Crippen molar-refractivity contribution in [3.8, 4) is 17.0 Å². The summed E-state index contributed by atoms with van der Waals surface area (Å²) in [5.41, 5.74) is 1.82. The minimum atomic E-state index is -0.478. The number of nitro groups is 1. The smallest absolute Gasteiger partial charge is 0.324 e. The lowest BCUT2D eigenvalue weighted by Crippen LogP contribution is -1.97. The monoisotopic (exact) mass is 466 g/mol. The summed E-state index contributed by atoms with van der Waals surface area (Å²) >= 11 is 6.03. The molecule has 0 amide bonds. The van der Waals surface area contributed by atoms with Crippen LogP contribution in [0.15, 0.2) is 40.2 Å². The predicted octanol–water partition coefficient (Wildman–Crippen LogP) is 5.76. The van der Waals surface area contributed by atoms with Crippen molar-refractivity contribution < 1.29 is 14.5 Å². The zero-order chi connectivity index (χ0) is 19.4. The summed E-state index contributed by atoms with van der Waals surface area (Å²) in [6, 6.07) is 10.6. The summed E-state index contributed by atoms with van der Waals surface area (Å²) in [5, 5.41) is 11.6. The van der Waals surface area contributed by atoms with E-state index in [4.69, 9.17) is 4.74 Å². The molecule has 0 spiro atoms. The number of thiophene rings is 1. The number of ketones is 1. The molecule has 0 unspecified atom stereocenters. The first-order valence-electron chi connectivity index (χ1n) is 8.05. The number of halogens is 1. The largest absolute Gasteiger partial charge is 0.497 e. The summed E-state index contributed by atoms with van der Waals surface area (Å²) in [5.74, 6) is 0.696. The summed E-state index contributed by atoms with van der Waals surface area (Å²) in [6.45, 7) is 0. The fourth-order valence-corrected chi connectivity index (χ4v) is 5.01. The average Bonchev–Trinajstić information content (AvgIpc) is 3.29. The quantitative estimate of drug-likeness (QED) is 0.239. The fraction of sp³-hybridized carbons (Fsp3) is 0.222. The molecule has 0 fully saturated rings. The Morgan fingerprint density at radius 2 is 2.11 bits per heavy atom. The van der Waals surface area contributed by atoms with Gasteiger partial charge < -0.3 is 4.74 Å². The van der Waals surface area contributed by atoms with E-state index in [0.29, 0.717) is 24.1 Å². The highest BCUT2D eigenvalue weighted by Gasteiger charge is 2.16. The van der Waals surface area contributed by atoms with Crippen molar-refractivity contribution in [2.24, 2.45) is 0 Å². The number of rotatable bonds is 8. The second kappa shape index (κ2) is 8.73. The molecule has 3 aromatic rings. The molecule has 140 valence electrons. The first-order chi connectivity index (χ1) is 13.0. The first kappa shape index (κ1) is 19.7. The molecule has 6 nitrogen and oxygen atoms in total. The van der Waals surface area contributed by atoms with Crippen LogP contribution in [0, 0.1) is 10.1 Å². The van der Waals surface area contributed by atoms with Crippen molar-refractivity contribution in [3.05, 3.63) is 60.2 Å². The van der Waals surface area contributed by atoms with Crippen LogP contribution in [0.3, 0.4) is 0 Å². The third-order valence-corrected chi connectivity index (χ3v) is 6.66. The summed E-state index contributed by atoms with van der Waals surface area (Å²) < 4.78 is 6.19. The van der Waals surface area contributed by atoms with E-state index in [9.17, 15) is 14.9 Å². The minimum absolute atomic E-state index is 0.00913. The average molecular weight is 467 g/mol. The summed E-state index contributed by atoms with van der Waals surface area (Å²) in [7, 11) is 1.62. The number of hydrogen-bond acceptors (Lipinski definition) is 7. The van der Waals surface area contributed by atoms with Gasteiger partial charge in [0, 0.05) is 18.1 Å². The standard InChI is InChI=1S/C18H15BrN2O4S2/c1-25-12-5-2-4-11(10-12)17-18(19)27-15(20-17)7-3-6-13(22)14-8-9-16(26-14)21(23)24/h2,4-5,8-10H,3,6-7H2,1H3. The van der Waals surface area contributed by atoms with Gasteiger partial charge in [-0.1, -0.05) is 23.5 Å². The van der Waals surface area contributed by atoms with E-state index in [-0.39, 0.29) is 10.8 Å². The Bertz CT molecular complexity index is 983. The van der Waals surface area contributed by atoms with Crippen molar-refractivity contribution in [2.45, 2.75) is 19.3 Å². The van der Waals surface area contributed by atoms with Gasteiger partial charge in [0.25, 0.3) is 0 Å². The molecule has 2 aromatic heterocycles. The normalized spacial score (nSPS) is 10.7. The van der Waals surface area contributed by atoms with E-state index in [1.54, 1.807) is 18.4 Å². The van der Waals surface area contributed by atoms with E-state index in [0.717, 1.165) is 37.1 Å². The molecule has 0 saturated carbocycles. The van der Waals surface area contributed by atoms with E-state index in [2.05, 4.69) is 20.9 Å². The molecule has 0 N–H and O–H groups in total. The number of benzene rings is 1. The molecule has 0 saturated heterocycles. The maximum atomic E-state index is 12.2. The SMILES string of the molecule is COc1cccc(-c2nc(CCCC(=O)c3ccc([N+](=O)[O-])s3)sc2Br)c1. The number of thiazole rings is 1. The van der Waals surface area contributed by atoms with E-state index < -0.39 is 4.92 Å². The van der Waals surface area contributed by atoms with Crippen LogP contribution in [0.2, 0.25) is 0 Å². The number of carbonyl (C=O) groups excluding carboxylic acids is 1. The van der Waals surface area contributed by atoms with Gasteiger partial charge in [0.2, 0.25) is 0 Å². The van der Waals surface area contributed by atoms with Crippen LogP contribution in [0.5, 0.6) is 5.75 Å². The molecule has 0 aliphatic heterocycles. The number of Topliss-reactive ketones (excluding diaryl/α,β-unsaturated/α-hetero) is 1. The number of nitrogens with zero attached hydrogens (tertiary/aromatic N) is 2. The van der Waals surface area contributed by atoms with Crippen LogP contribution in [0.1, 0.15) is 27.5 Å². The number of aromatic nitrogens is 1. The lowest BCUT2D eigenvalue weighted by atomic mass is 10.1. The summed E-state index contributed by atoms with van der Waals surface area (Å²) in [6.07, 6.45) is 1.65. The minimum Gasteiger partial charge on any atom is -0.497 e. The van der Waals surface area contributed by atoms with E-state index in [1.807, 2.05) is 24.3 Å². The number of ether oxygens (including phenoxy) is 1. The van der Waals surface area contributed by atoms with Gasteiger partial charge in [0.05, 0.1) is 31.4 Å². The van der Waals surface area contributed by atoms with Crippen molar-refractivity contribution in [1.82, 2.24) is 4.98 Å². The Hall–Kier alpha value is -2.10. The zero-order valence-electron chi connectivity index (χ0n) is 14.3. The Morgan fingerprint density at radius 1 is 1.30 bits per heavy atom. The molecule has 27 heavy (non-hydrogen) atoms. The fourth-order valence-electron chi connectivity index (χ4n) is 2.50. The van der Waals surface area contributed by atoms with Gasteiger partial charge in [-0.15, -0.1) is 11.3 Å². The molecular weight excluding hydrogens is 452 g/mol. The molecule has 0 aliphatic carbocycles. The molecule has 1 aromatic carbocycles. The van der Waals surface area contributed by atoms with Gasteiger partial charge in [-0.3, -0.25) is 14.9 Å². The van der Waals surface area contributed by atoms with Gasteiger partial charge in [-0.25, -0.2) is 4.98 Å². The Morgan fingerprint density at radius 3 is 2.81 bits per heavy atom. The van der Waals surface area contributed by atoms with Gasteiger partial charge >= 0.3 is 5.00 Å². The van der Waals surface area contributed by atoms with Gasteiger partial charge in [-0.05, 0) is 47.0 Å². The number of hydrogen-bond donors (Lipinski definition) is 0. The van der Waals surface area contributed by atoms with Crippen LogP contribution in [-0.4, -0.2) is 22.8 Å². The summed E-state index contributed by atoms with van der Waals surface area (Å²) in [4.78, 5) is 27.5. The van der Waals surface area contributed by atoms with Crippen LogP contribution < -0.4 is 4.74 Å². The molecule has 9 heteroatoms. The van der Waals surface area contributed by atoms with E-state index >= 15 is 0 Å². The third kappa shape index (κ3) is 4.79. The van der Waals surface area contributed by atoms with Crippen LogP contribution >= 0.6 is 38.6 Å². The van der Waals surface area contributed by atoms with Crippen LogP contribution in [0.4, 0.5) is 5.00 Å². The molecular formula is C18H15BrN2O4S2. The maximum Gasteiger partial charge on any atom is 0.324 e. The maximum absolute atomic E-state index is 12.2.